The van der Waals surface area contributed by atoms with E-state index < -0.39 is 0 Å². The van der Waals surface area contributed by atoms with Crippen LogP contribution in [0.3, 0.4) is 0 Å². The summed E-state index contributed by atoms with van der Waals surface area (Å²) in [4.78, 5) is 4.65. The maximum absolute atomic E-state index is 5.97. The molecule has 27 heavy (non-hydrogen) atoms. The Balaban J connectivity index is 1.66. The Hall–Kier alpha value is -3.73. The average Bonchev–Trinajstić information content (AvgIpc) is 3.38. The van der Waals surface area contributed by atoms with Crippen molar-refractivity contribution in [1.82, 2.24) is 4.98 Å². The zero-order valence-electron chi connectivity index (χ0n) is 14.6. The fourth-order valence-corrected chi connectivity index (χ4v) is 3.19. The second kappa shape index (κ2) is 6.21. The van der Waals surface area contributed by atoms with Gasteiger partial charge in [0.15, 0.2) is 11.3 Å². The first-order valence-electron chi connectivity index (χ1n) is 8.59. The molecule has 1 N–H and O–H groups in total. The maximum Gasteiger partial charge on any atom is 0.263 e. The van der Waals surface area contributed by atoms with Gasteiger partial charge in [-0.15, -0.1) is 0 Å². The third kappa shape index (κ3) is 2.69. The quantitative estimate of drug-likeness (QED) is 0.428. The number of rotatable bonds is 4. The lowest BCUT2D eigenvalue weighted by molar-refractivity contribution is 0.415. The topological polar surface area (TPSA) is 60.4 Å². The Morgan fingerprint density at radius 3 is 2.48 bits per heavy atom. The van der Waals surface area contributed by atoms with Crippen LogP contribution in [0.4, 0.5) is 11.4 Å². The van der Waals surface area contributed by atoms with Crippen molar-refractivity contribution in [1.29, 1.82) is 0 Å². The van der Waals surface area contributed by atoms with Gasteiger partial charge in [0.2, 0.25) is 0 Å². The van der Waals surface area contributed by atoms with E-state index in [1.165, 1.54) is 0 Å². The minimum atomic E-state index is 0.474. The number of hydrogen-bond donors (Lipinski definition) is 1. The van der Waals surface area contributed by atoms with Crippen molar-refractivity contribution >= 4 is 33.2 Å². The van der Waals surface area contributed by atoms with Gasteiger partial charge >= 0.3 is 0 Å². The summed E-state index contributed by atoms with van der Waals surface area (Å²) in [6.45, 7) is 0. The monoisotopic (exact) mass is 356 g/mol. The van der Waals surface area contributed by atoms with Crippen LogP contribution in [0.15, 0.2) is 81.8 Å². The minimum Gasteiger partial charge on any atom is -0.497 e. The van der Waals surface area contributed by atoms with Crippen LogP contribution in [0.1, 0.15) is 0 Å². The Bertz CT molecular complexity index is 1220. The molecule has 0 aliphatic heterocycles. The highest BCUT2D eigenvalue weighted by Gasteiger charge is 2.15. The Labute approximate surface area is 155 Å². The van der Waals surface area contributed by atoms with Gasteiger partial charge < -0.3 is 18.9 Å². The molecule has 0 saturated heterocycles. The Morgan fingerprint density at radius 2 is 1.74 bits per heavy atom. The van der Waals surface area contributed by atoms with E-state index in [2.05, 4.69) is 16.4 Å². The standard InChI is InChI=1S/C22H16N2O3/c1-25-15-10-8-14(9-11-15)23-18-13-20-21(17-6-3-2-5-16(17)18)24-22(27-20)19-7-4-12-26-19/h2-13,23H,1H3. The van der Waals surface area contributed by atoms with E-state index in [9.17, 15) is 0 Å². The van der Waals surface area contributed by atoms with Gasteiger partial charge in [-0.2, -0.15) is 0 Å². The smallest absolute Gasteiger partial charge is 0.263 e. The van der Waals surface area contributed by atoms with Gasteiger partial charge in [0, 0.05) is 22.5 Å². The summed E-state index contributed by atoms with van der Waals surface area (Å²) in [5.74, 6) is 1.90. The third-order valence-electron chi connectivity index (χ3n) is 4.50. The van der Waals surface area contributed by atoms with E-state index in [4.69, 9.17) is 13.6 Å². The minimum absolute atomic E-state index is 0.474. The summed E-state index contributed by atoms with van der Waals surface area (Å²) in [6, 6.07) is 21.6. The van der Waals surface area contributed by atoms with Crippen LogP contribution in [-0.4, -0.2) is 12.1 Å². The lowest BCUT2D eigenvalue weighted by atomic mass is 10.1. The summed E-state index contributed by atoms with van der Waals surface area (Å²) in [7, 11) is 1.66. The van der Waals surface area contributed by atoms with Crippen molar-refractivity contribution in [3.63, 3.8) is 0 Å². The lowest BCUT2D eigenvalue weighted by Gasteiger charge is -2.10. The normalized spacial score (nSPS) is 11.1. The molecule has 0 amide bonds. The third-order valence-corrected chi connectivity index (χ3v) is 4.50. The first kappa shape index (κ1) is 15.5. The number of benzene rings is 3. The number of nitrogens with one attached hydrogen (secondary N) is 1. The van der Waals surface area contributed by atoms with Crippen LogP contribution in [0, 0.1) is 0 Å². The van der Waals surface area contributed by atoms with Gasteiger partial charge in [-0.05, 0) is 36.4 Å². The van der Waals surface area contributed by atoms with E-state index in [0.29, 0.717) is 17.2 Å². The van der Waals surface area contributed by atoms with Crippen molar-refractivity contribution in [3.8, 4) is 17.4 Å². The number of fused-ring (bicyclic) bond motifs is 3. The van der Waals surface area contributed by atoms with Crippen molar-refractivity contribution < 1.29 is 13.6 Å². The Morgan fingerprint density at radius 1 is 0.926 bits per heavy atom. The predicted molar refractivity (Wildman–Crippen MR) is 105 cm³/mol. The lowest BCUT2D eigenvalue weighted by Crippen LogP contribution is -1.92. The number of hydrogen-bond acceptors (Lipinski definition) is 5. The largest absolute Gasteiger partial charge is 0.497 e. The molecule has 132 valence electrons. The number of anilines is 2. The summed E-state index contributed by atoms with van der Waals surface area (Å²) in [5, 5.41) is 5.56. The molecule has 0 aliphatic rings. The highest BCUT2D eigenvalue weighted by Crippen LogP contribution is 2.35. The van der Waals surface area contributed by atoms with Crippen molar-refractivity contribution in [2.24, 2.45) is 0 Å². The number of oxazole rings is 1. The molecule has 0 atom stereocenters. The van der Waals surface area contributed by atoms with Crippen LogP contribution in [0.25, 0.3) is 33.5 Å². The predicted octanol–water partition coefficient (Wildman–Crippen LogP) is 5.99. The van der Waals surface area contributed by atoms with Gasteiger partial charge in [0.1, 0.15) is 11.3 Å². The molecule has 0 spiro atoms. The second-order valence-electron chi connectivity index (χ2n) is 6.17. The molecular weight excluding hydrogens is 340 g/mol. The fraction of sp³-hybridized carbons (Fsp3) is 0.0455. The van der Waals surface area contributed by atoms with E-state index in [1.54, 1.807) is 13.4 Å². The highest BCUT2D eigenvalue weighted by atomic mass is 16.5. The number of furan rings is 1. The SMILES string of the molecule is COc1ccc(Nc2cc3oc(-c4ccco4)nc3c3ccccc23)cc1. The first-order chi connectivity index (χ1) is 13.3. The van der Waals surface area contributed by atoms with E-state index in [0.717, 1.165) is 33.4 Å². The molecule has 5 heteroatoms. The number of ether oxygens (including phenoxy) is 1. The molecule has 0 aliphatic carbocycles. The van der Waals surface area contributed by atoms with E-state index >= 15 is 0 Å². The molecule has 0 unspecified atom stereocenters. The van der Waals surface area contributed by atoms with Gasteiger partial charge in [0.25, 0.3) is 5.89 Å². The zero-order chi connectivity index (χ0) is 18.2. The molecule has 5 aromatic rings. The molecule has 0 saturated carbocycles. The van der Waals surface area contributed by atoms with Gasteiger partial charge in [-0.25, -0.2) is 4.98 Å². The summed E-state index contributed by atoms with van der Waals surface area (Å²) >= 11 is 0. The van der Waals surface area contributed by atoms with Crippen LogP contribution in [0.5, 0.6) is 5.75 Å². The zero-order valence-corrected chi connectivity index (χ0v) is 14.6. The van der Waals surface area contributed by atoms with E-state index in [1.807, 2.05) is 60.7 Å². The van der Waals surface area contributed by atoms with Gasteiger partial charge in [-0.3, -0.25) is 0 Å². The molecule has 3 aromatic carbocycles. The first-order valence-corrected chi connectivity index (χ1v) is 8.59. The summed E-state index contributed by atoms with van der Waals surface area (Å²) < 4.78 is 16.6. The van der Waals surface area contributed by atoms with Crippen LogP contribution in [-0.2, 0) is 0 Å². The molecule has 0 fully saturated rings. The molecule has 0 radical (unpaired) electrons. The van der Waals surface area contributed by atoms with Gasteiger partial charge in [0.05, 0.1) is 19.1 Å². The number of nitrogens with zero attached hydrogens (tertiary/aromatic N) is 1. The number of aromatic nitrogens is 1. The molecule has 5 nitrogen and oxygen atoms in total. The maximum atomic E-state index is 5.97. The number of methoxy groups -OCH3 is 1. The fourth-order valence-electron chi connectivity index (χ4n) is 3.19. The second-order valence-corrected chi connectivity index (χ2v) is 6.17. The summed E-state index contributed by atoms with van der Waals surface area (Å²) in [5.41, 5.74) is 3.44. The van der Waals surface area contributed by atoms with E-state index in [-0.39, 0.29) is 0 Å². The van der Waals surface area contributed by atoms with Crippen molar-refractivity contribution in [2.45, 2.75) is 0 Å². The van der Waals surface area contributed by atoms with Crippen LogP contribution < -0.4 is 10.1 Å². The Kier molecular flexibility index (Phi) is 3.57. The molecular formula is C22H16N2O3. The summed E-state index contributed by atoms with van der Waals surface area (Å²) in [6.07, 6.45) is 1.61. The van der Waals surface area contributed by atoms with Gasteiger partial charge in [-0.1, -0.05) is 24.3 Å². The van der Waals surface area contributed by atoms with Crippen molar-refractivity contribution in [2.75, 3.05) is 12.4 Å². The van der Waals surface area contributed by atoms with Crippen LogP contribution in [0.2, 0.25) is 0 Å². The molecule has 5 rings (SSSR count). The molecule has 2 heterocycles. The average molecular weight is 356 g/mol. The highest BCUT2D eigenvalue weighted by molar-refractivity contribution is 6.10. The van der Waals surface area contributed by atoms with Crippen molar-refractivity contribution in [3.05, 3.63) is 73.0 Å². The molecule has 2 aromatic heterocycles. The molecule has 0 bridgehead atoms. The van der Waals surface area contributed by atoms with Crippen LogP contribution >= 0.6 is 0 Å².